The van der Waals surface area contributed by atoms with Crippen LogP contribution in [-0.4, -0.2) is 17.5 Å². The van der Waals surface area contributed by atoms with E-state index in [1.165, 1.54) is 15.5 Å². The molecule has 104 valence electrons. The van der Waals surface area contributed by atoms with Crippen LogP contribution in [0.3, 0.4) is 0 Å². The fourth-order valence-corrected chi connectivity index (χ4v) is 3.69. The number of para-hydroxylation sites is 1. The topological polar surface area (TPSA) is 23.5 Å². The summed E-state index contributed by atoms with van der Waals surface area (Å²) in [5, 5.41) is 9.77. The van der Waals surface area contributed by atoms with E-state index >= 15 is 0 Å². The summed E-state index contributed by atoms with van der Waals surface area (Å²) in [5.41, 5.74) is 2.30. The third kappa shape index (κ3) is 2.60. The second-order valence-corrected chi connectivity index (χ2v) is 6.23. The maximum atomic E-state index is 9.77. The highest BCUT2D eigenvalue weighted by atomic mass is 35.5. The van der Waals surface area contributed by atoms with Gasteiger partial charge in [0.2, 0.25) is 0 Å². The molecule has 1 aliphatic rings. The maximum Gasteiger partial charge on any atom is 0.117 e. The molecule has 1 heterocycles. The number of alkyl halides is 1. The number of anilines is 2. The van der Waals surface area contributed by atoms with Gasteiger partial charge >= 0.3 is 0 Å². The van der Waals surface area contributed by atoms with Crippen molar-refractivity contribution in [3.8, 4) is 5.75 Å². The van der Waals surface area contributed by atoms with Crippen LogP contribution in [0, 0.1) is 0 Å². The molecule has 0 amide bonds. The number of benzene rings is 2. The number of fused-ring (bicyclic) bond motifs is 2. The summed E-state index contributed by atoms with van der Waals surface area (Å²) in [6.45, 7) is 0.917. The molecule has 0 aliphatic carbocycles. The molecular weight excluding hydrogens is 290 g/mol. The van der Waals surface area contributed by atoms with Crippen LogP contribution >= 0.6 is 23.4 Å². The minimum atomic E-state index is 0.311. The van der Waals surface area contributed by atoms with Gasteiger partial charge in [-0.3, -0.25) is 0 Å². The molecule has 0 aromatic heterocycles. The van der Waals surface area contributed by atoms with Gasteiger partial charge in [0.1, 0.15) is 5.75 Å². The van der Waals surface area contributed by atoms with Crippen molar-refractivity contribution in [1.82, 2.24) is 0 Å². The molecule has 20 heavy (non-hydrogen) atoms. The number of halogens is 1. The van der Waals surface area contributed by atoms with Gasteiger partial charge in [-0.15, -0.1) is 11.6 Å². The van der Waals surface area contributed by atoms with Crippen molar-refractivity contribution in [2.75, 3.05) is 17.3 Å². The quantitative estimate of drug-likeness (QED) is 0.634. The first-order valence-corrected chi connectivity index (χ1v) is 8.08. The van der Waals surface area contributed by atoms with Gasteiger partial charge in [0.25, 0.3) is 0 Å². The Bertz CT molecular complexity index is 617. The maximum absolute atomic E-state index is 9.77. The fourth-order valence-electron chi connectivity index (χ4n) is 2.42. The van der Waals surface area contributed by atoms with Gasteiger partial charge in [-0.25, -0.2) is 0 Å². The molecule has 0 atom stereocenters. The van der Waals surface area contributed by atoms with E-state index in [1.807, 2.05) is 12.1 Å². The summed E-state index contributed by atoms with van der Waals surface area (Å²) in [4.78, 5) is 4.73. The molecule has 0 saturated carbocycles. The van der Waals surface area contributed by atoms with Crippen LogP contribution in [0.5, 0.6) is 5.75 Å². The lowest BCUT2D eigenvalue weighted by molar-refractivity contribution is 0.475. The Hall–Kier alpha value is -1.32. The zero-order valence-corrected chi connectivity index (χ0v) is 12.6. The molecule has 0 radical (unpaired) electrons. The van der Waals surface area contributed by atoms with E-state index in [0.29, 0.717) is 11.6 Å². The highest BCUT2D eigenvalue weighted by molar-refractivity contribution is 7.99. The molecule has 0 bridgehead atoms. The van der Waals surface area contributed by atoms with Crippen molar-refractivity contribution in [3.63, 3.8) is 0 Å². The summed E-state index contributed by atoms with van der Waals surface area (Å²) in [6.07, 6.45) is 2.04. The number of hydrogen-bond acceptors (Lipinski definition) is 3. The number of phenolic OH excluding ortho intramolecular Hbond substituents is 1. The van der Waals surface area contributed by atoms with E-state index < -0.39 is 0 Å². The van der Waals surface area contributed by atoms with Gasteiger partial charge in [0.15, 0.2) is 0 Å². The van der Waals surface area contributed by atoms with Crippen LogP contribution in [0.1, 0.15) is 12.8 Å². The third-order valence-electron chi connectivity index (χ3n) is 3.37. The zero-order valence-electron chi connectivity index (χ0n) is 11.1. The summed E-state index contributed by atoms with van der Waals surface area (Å²) < 4.78 is 0. The second kappa shape index (κ2) is 5.98. The third-order valence-corrected chi connectivity index (χ3v) is 4.77. The predicted octanol–water partition coefficient (Wildman–Crippen LogP) is 5.01. The number of aromatic hydroxyl groups is 1. The van der Waals surface area contributed by atoms with Crippen LogP contribution in [0.25, 0.3) is 0 Å². The first kappa shape index (κ1) is 13.7. The van der Waals surface area contributed by atoms with Gasteiger partial charge in [0.05, 0.1) is 11.4 Å². The average Bonchev–Trinajstić information content (AvgIpc) is 2.47. The predicted molar refractivity (Wildman–Crippen MR) is 85.6 cm³/mol. The van der Waals surface area contributed by atoms with Gasteiger partial charge in [-0.1, -0.05) is 23.9 Å². The summed E-state index contributed by atoms with van der Waals surface area (Å²) in [6, 6.07) is 14.0. The van der Waals surface area contributed by atoms with Gasteiger partial charge < -0.3 is 10.0 Å². The number of hydrogen-bond donors (Lipinski definition) is 1. The van der Waals surface area contributed by atoms with Crippen molar-refractivity contribution in [2.24, 2.45) is 0 Å². The average molecular weight is 306 g/mol. The summed E-state index contributed by atoms with van der Waals surface area (Å²) in [7, 11) is 0. The summed E-state index contributed by atoms with van der Waals surface area (Å²) >= 11 is 7.54. The van der Waals surface area contributed by atoms with Crippen molar-refractivity contribution in [3.05, 3.63) is 42.5 Å². The largest absolute Gasteiger partial charge is 0.508 e. The molecule has 0 fully saturated rings. The molecular formula is C16H16ClNOS. The molecule has 0 unspecified atom stereocenters. The number of nitrogens with zero attached hydrogens (tertiary/aromatic N) is 1. The highest BCUT2D eigenvalue weighted by Gasteiger charge is 2.22. The van der Waals surface area contributed by atoms with Crippen LogP contribution in [0.15, 0.2) is 52.3 Å². The minimum Gasteiger partial charge on any atom is -0.508 e. The molecule has 0 saturated heterocycles. The molecule has 3 rings (SSSR count). The van der Waals surface area contributed by atoms with E-state index in [1.54, 1.807) is 17.8 Å². The Labute approximate surface area is 128 Å². The van der Waals surface area contributed by atoms with Crippen LogP contribution in [-0.2, 0) is 0 Å². The lowest BCUT2D eigenvalue weighted by Gasteiger charge is -2.32. The molecule has 2 nitrogen and oxygen atoms in total. The normalized spacial score (nSPS) is 12.9. The SMILES string of the molecule is Oc1ccc2c(c1)N(CCCCCl)c1ccccc1S2. The molecule has 4 heteroatoms. The Morgan fingerprint density at radius 3 is 2.65 bits per heavy atom. The van der Waals surface area contributed by atoms with Crippen LogP contribution in [0.4, 0.5) is 11.4 Å². The zero-order chi connectivity index (χ0) is 13.9. The second-order valence-electron chi connectivity index (χ2n) is 4.77. The first-order chi connectivity index (χ1) is 9.79. The monoisotopic (exact) mass is 305 g/mol. The number of unbranched alkanes of at least 4 members (excludes halogenated alkanes) is 1. The van der Waals surface area contributed by atoms with Crippen LogP contribution < -0.4 is 4.90 Å². The Balaban J connectivity index is 1.99. The molecule has 2 aromatic rings. The fraction of sp³-hybridized carbons (Fsp3) is 0.250. The Kier molecular flexibility index (Phi) is 4.08. The number of rotatable bonds is 4. The highest BCUT2D eigenvalue weighted by Crippen LogP contribution is 2.48. The van der Waals surface area contributed by atoms with Gasteiger partial charge in [-0.2, -0.15) is 0 Å². The van der Waals surface area contributed by atoms with Crippen molar-refractivity contribution in [1.29, 1.82) is 0 Å². The van der Waals surface area contributed by atoms with E-state index in [-0.39, 0.29) is 0 Å². The van der Waals surface area contributed by atoms with Crippen molar-refractivity contribution in [2.45, 2.75) is 22.6 Å². The van der Waals surface area contributed by atoms with E-state index in [2.05, 4.69) is 29.2 Å². The molecule has 1 N–H and O–H groups in total. The standard InChI is InChI=1S/C16H16ClNOS/c17-9-3-4-10-18-13-5-1-2-6-15(13)20-16-8-7-12(19)11-14(16)18/h1-2,5-8,11,19H,3-4,9-10H2. The van der Waals surface area contributed by atoms with Crippen LogP contribution in [0.2, 0.25) is 0 Å². The van der Waals surface area contributed by atoms with Gasteiger partial charge in [-0.05, 0) is 37.1 Å². The van der Waals surface area contributed by atoms with Crippen molar-refractivity contribution >= 4 is 34.7 Å². The van der Waals surface area contributed by atoms with Crippen molar-refractivity contribution < 1.29 is 5.11 Å². The Morgan fingerprint density at radius 2 is 1.80 bits per heavy atom. The molecule has 0 spiro atoms. The Morgan fingerprint density at radius 1 is 1.00 bits per heavy atom. The lowest BCUT2D eigenvalue weighted by Crippen LogP contribution is -2.21. The summed E-state index contributed by atoms with van der Waals surface area (Å²) in [5.74, 6) is 1.00. The lowest BCUT2D eigenvalue weighted by atomic mass is 10.2. The van der Waals surface area contributed by atoms with E-state index in [9.17, 15) is 5.11 Å². The van der Waals surface area contributed by atoms with E-state index in [4.69, 9.17) is 11.6 Å². The molecule has 2 aromatic carbocycles. The first-order valence-electron chi connectivity index (χ1n) is 6.73. The minimum absolute atomic E-state index is 0.311. The van der Waals surface area contributed by atoms with Gasteiger partial charge in [0, 0.05) is 28.3 Å². The number of phenols is 1. The van der Waals surface area contributed by atoms with E-state index in [0.717, 1.165) is 25.1 Å². The molecule has 1 aliphatic heterocycles. The smallest absolute Gasteiger partial charge is 0.117 e.